The Labute approximate surface area is 847 Å². The number of ether oxygens (including phenoxy) is 3. The number of carbonyl (C=O) groups excluding carboxylic acids is 3. The lowest BCUT2D eigenvalue weighted by atomic mass is 10.1. The van der Waals surface area contributed by atoms with Gasteiger partial charge in [-0.3, -0.25) is 39.1 Å². The Morgan fingerprint density at radius 3 is 1.07 bits per heavy atom. The molecule has 2 aliphatic carbocycles. The molecule has 8 heterocycles. The minimum absolute atomic E-state index is 0.00525. The Kier molecular flexibility index (Phi) is 35.2. The second kappa shape index (κ2) is 47.1. The summed E-state index contributed by atoms with van der Waals surface area (Å²) >= 11 is 42.4. The number of nitrogens with zero attached hydrogens (tertiary/aromatic N) is 14. The molecular weight excluding hydrogens is 1970 g/mol. The molecule has 8 aliphatic heterocycles. The Morgan fingerprint density at radius 1 is 0.430 bits per heavy atom. The first kappa shape index (κ1) is 106. The number of aromatic amines is 4. The van der Waals surface area contributed by atoms with Crippen molar-refractivity contribution in [1.29, 1.82) is 0 Å². The predicted molar refractivity (Wildman–Crippen MR) is 550 cm³/mol. The Morgan fingerprint density at radius 2 is 0.739 bits per heavy atom. The van der Waals surface area contributed by atoms with Crippen molar-refractivity contribution in [2.24, 2.45) is 5.73 Å². The van der Waals surface area contributed by atoms with E-state index in [9.17, 15) is 52.7 Å². The number of aldehydes is 1. The van der Waals surface area contributed by atoms with Crippen molar-refractivity contribution in [1.82, 2.24) is 93.2 Å². The second-order valence-corrected chi connectivity index (χ2v) is 38.8. The molecule has 0 spiro atoms. The highest BCUT2D eigenvalue weighted by molar-refractivity contribution is 6.33. The molecule has 0 unspecified atom stereocenters. The van der Waals surface area contributed by atoms with Crippen molar-refractivity contribution >= 4 is 144 Å². The minimum Gasteiger partial charge on any atom is -0.490 e. The second-order valence-electron chi connectivity index (χ2n) is 35.9. The first-order chi connectivity index (χ1) is 67.5. The standard InChI is InChI=1S/C30H34ClN5O5.C25H25Cl2N5O4.C20H17Cl2N5O2.C13H9ClN4O3.C7H8ClN.C5H10O/c1-18-15-22-23(16-24(18)40-21-7-5-6-8-21)36(26-25(32-22)27(37)34-28(38)33-26)14-13-35(29(39)41-30(2,3)4)17-19-9-11-20(31)12-10-19;1-14-11-18-19(12-17(14)27)32(21-20(28-18)22(33)30-23(34)29-21)10-9-31(24(35)36-25(2,3)4)13-15-5-7-16(26)8-6-15;1-11-8-15-16(9-14(11)22)27(18-17(24-15)19(28)26-20(29)25-18)7-6-23-10-12-2-4-13(21)5-3-12;1-6-4-8-9(5-7(6)14)18(2-3-19)11-10(15-8)12(20)17-13(21)16-11;8-7-3-1-6(5-9)2-4-7;6-5-3-1-2-4-5/h9-12,15-16,21H,5-8,13-14,17H2,1-4H3,(H,34,37,38);5-8,11-12H,9-10,13H2,1-4H3,(H,30,33,34);2-5,8-9,23H,6-7,10H2,1H3,(H,26,28,29);3-5H,2H2,1H3,(H,17,20,21);1-4H,5,9H2;5-6H,1-4H2. The van der Waals surface area contributed by atoms with Gasteiger partial charge in [-0.05, 0) is 243 Å². The summed E-state index contributed by atoms with van der Waals surface area (Å²) in [7, 11) is 0. The molecule has 8 aromatic rings. The van der Waals surface area contributed by atoms with Gasteiger partial charge < -0.3 is 63.2 Å². The lowest BCUT2D eigenvalue weighted by molar-refractivity contribution is -0.108. The largest absolute Gasteiger partial charge is 0.490 e. The molecular formula is C100H103Cl7N20O15. The smallest absolute Gasteiger partial charge is 0.410 e. The van der Waals surface area contributed by atoms with Gasteiger partial charge >= 0.3 is 34.9 Å². The Bertz CT molecular complexity index is 7660. The molecule has 0 saturated heterocycles. The first-order valence-corrected chi connectivity index (χ1v) is 48.1. The van der Waals surface area contributed by atoms with E-state index in [4.69, 9.17) is 106 Å². The number of amides is 2. The molecule has 0 bridgehead atoms. The minimum atomic E-state index is -0.786. The monoisotopic (exact) mass is 2070 g/mol. The van der Waals surface area contributed by atoms with Crippen LogP contribution in [0.3, 0.4) is 0 Å². The number of H-pyrrole nitrogens is 4. The lowest BCUT2D eigenvalue weighted by Crippen LogP contribution is -2.38. The quantitative estimate of drug-likeness (QED) is 0.0212. The van der Waals surface area contributed by atoms with Crippen LogP contribution in [0, 0.1) is 27.7 Å². The highest BCUT2D eigenvalue weighted by atomic mass is 35.5. The van der Waals surface area contributed by atoms with Crippen LogP contribution in [0.2, 0.25) is 35.2 Å². The Hall–Kier alpha value is -13.2. The molecule has 2 fully saturated rings. The zero-order chi connectivity index (χ0) is 102. The number of aliphatic hydroxyl groups excluding tert-OH is 1. The maximum absolute atomic E-state index is 13.3. The van der Waals surface area contributed by atoms with Crippen LogP contribution in [0.4, 0.5) is 9.59 Å². The molecule has 142 heavy (non-hydrogen) atoms. The molecule has 0 radical (unpaired) electrons. The van der Waals surface area contributed by atoms with Crippen molar-refractivity contribution in [3.63, 3.8) is 0 Å². The number of rotatable bonds is 20. The van der Waals surface area contributed by atoms with Gasteiger partial charge in [-0.25, -0.2) is 48.7 Å². The summed E-state index contributed by atoms with van der Waals surface area (Å²) in [6.07, 6.45) is 8.67. The summed E-state index contributed by atoms with van der Waals surface area (Å²) in [5, 5.41) is 16.3. The fraction of sp³-hybridized carbons (Fsp3) is 0.330. The van der Waals surface area contributed by atoms with Crippen LogP contribution in [0.25, 0.3) is 90.2 Å². The van der Waals surface area contributed by atoms with Crippen LogP contribution >= 0.6 is 81.2 Å². The van der Waals surface area contributed by atoms with E-state index in [0.717, 1.165) is 93.8 Å². The van der Waals surface area contributed by atoms with E-state index >= 15 is 0 Å². The van der Waals surface area contributed by atoms with E-state index in [0.29, 0.717) is 107 Å². The van der Waals surface area contributed by atoms with E-state index in [-0.39, 0.29) is 104 Å². The third kappa shape index (κ3) is 27.8. The topological polar surface area (TPSA) is 466 Å². The van der Waals surface area contributed by atoms with Gasteiger partial charge in [-0.15, -0.1) is 0 Å². The highest BCUT2D eigenvalue weighted by Gasteiger charge is 2.31. The highest BCUT2D eigenvalue weighted by Crippen LogP contribution is 2.35. The predicted octanol–water partition coefficient (Wildman–Crippen LogP) is 16.4. The average molecular weight is 2070 g/mol. The number of hydrogen-bond acceptors (Lipinski definition) is 25. The van der Waals surface area contributed by atoms with Crippen molar-refractivity contribution in [2.75, 3.05) is 19.6 Å². The molecule has 2 amide bonds. The number of aromatic nitrogens is 16. The number of nitrogens with two attached hydrogens (primary N) is 1. The number of halogens is 7. The third-order valence-electron chi connectivity index (χ3n) is 22.7. The number of benzene rings is 8. The number of aryl methyl sites for hydroxylation is 4. The van der Waals surface area contributed by atoms with Gasteiger partial charge in [-0.2, -0.15) is 19.9 Å². The molecule has 0 aromatic heterocycles. The molecule has 742 valence electrons. The molecule has 2 saturated carbocycles. The Balaban J connectivity index is 0.000000154. The van der Waals surface area contributed by atoms with Crippen LogP contribution < -0.4 is 60.8 Å². The average Bonchev–Trinajstić information content (AvgIpc) is 0.807. The van der Waals surface area contributed by atoms with Gasteiger partial charge in [0.1, 0.15) is 23.2 Å². The van der Waals surface area contributed by atoms with E-state index in [1.54, 1.807) is 106 Å². The lowest BCUT2D eigenvalue weighted by Gasteiger charge is -2.28. The number of aliphatic hydroxyl groups is 1. The maximum Gasteiger partial charge on any atom is 0.410 e. The van der Waals surface area contributed by atoms with Crippen molar-refractivity contribution in [3.8, 4) is 51.8 Å². The summed E-state index contributed by atoms with van der Waals surface area (Å²) < 4.78 is 24.4. The summed E-state index contributed by atoms with van der Waals surface area (Å²) in [6.45, 7) is 21.8. The zero-order valence-corrected chi connectivity index (χ0v) is 84.5. The van der Waals surface area contributed by atoms with Gasteiger partial charge in [0.15, 0.2) is 46.1 Å². The SMILES string of the molecule is Cc1cc2nc3c(=O)[nH]c(=O)nc-3n(CC=O)c2cc1Cl.Cc1cc2nc3c(=O)[nH]c(=O)nc-3n(CCN(Cc3ccc(Cl)cc3)C(=O)OC(C)(C)C)c2cc1Cl.Cc1cc2nc3c(=O)[nH]c(=O)nc-3n(CCN(Cc3ccc(Cl)cc3)C(=O)OC(C)(C)C)c2cc1OC1CCCC1.Cc1cc2nc3c(=O)[nH]c(=O)nc-3n(CCNCc3ccc(Cl)cc3)c2cc1Cl.NCc1ccc(Cl)cc1.OC1CCCC1. The summed E-state index contributed by atoms with van der Waals surface area (Å²) in [4.78, 5) is 179. The summed E-state index contributed by atoms with van der Waals surface area (Å²) in [6, 6.07) is 43.7. The van der Waals surface area contributed by atoms with Gasteiger partial charge in [0.2, 0.25) is 0 Å². The molecule has 8 N–H and O–H groups in total. The first-order valence-electron chi connectivity index (χ1n) is 45.4. The van der Waals surface area contributed by atoms with E-state index in [1.807, 2.05) is 133 Å². The molecule has 10 aliphatic rings. The van der Waals surface area contributed by atoms with Crippen LogP contribution in [0.5, 0.6) is 5.75 Å². The van der Waals surface area contributed by atoms with Crippen molar-refractivity contribution < 1.29 is 33.7 Å². The van der Waals surface area contributed by atoms with E-state index in [1.165, 1.54) is 17.4 Å². The van der Waals surface area contributed by atoms with Gasteiger partial charge in [0, 0.05) is 107 Å². The molecule has 42 heteroatoms. The maximum atomic E-state index is 13.3. The molecule has 0 atom stereocenters. The normalized spacial score (nSPS) is 12.7. The van der Waals surface area contributed by atoms with Crippen molar-refractivity contribution in [2.45, 2.75) is 196 Å². The molecule has 8 aromatic carbocycles. The summed E-state index contributed by atoms with van der Waals surface area (Å²) in [5.74, 6) is 1.25. The van der Waals surface area contributed by atoms with E-state index < -0.39 is 68.4 Å². The number of hydrogen-bond donors (Lipinski definition) is 7. The zero-order valence-electron chi connectivity index (χ0n) is 79.2. The van der Waals surface area contributed by atoms with Gasteiger partial charge in [-0.1, -0.05) is 143 Å². The molecule has 18 rings (SSSR count). The fourth-order valence-electron chi connectivity index (χ4n) is 15.7. The van der Waals surface area contributed by atoms with Crippen LogP contribution in [-0.4, -0.2) is 154 Å². The van der Waals surface area contributed by atoms with E-state index in [2.05, 4.69) is 65.1 Å². The number of fused-ring (bicyclic) bond motifs is 8. The third-order valence-corrected chi connectivity index (χ3v) is 24.9. The van der Waals surface area contributed by atoms with Gasteiger partial charge in [0.25, 0.3) is 22.2 Å². The molecule has 35 nitrogen and oxygen atoms in total. The van der Waals surface area contributed by atoms with Crippen LogP contribution in [-0.2, 0) is 66.6 Å². The van der Waals surface area contributed by atoms with Crippen LogP contribution in [0.1, 0.15) is 137 Å². The van der Waals surface area contributed by atoms with Crippen LogP contribution in [0.15, 0.2) is 184 Å². The number of carbonyl (C=O) groups is 3. The number of nitrogens with one attached hydrogen (secondary N) is 5. The van der Waals surface area contributed by atoms with Gasteiger partial charge in [0.05, 0.1) is 62.9 Å². The fourth-order valence-corrected chi connectivity index (χ4v) is 16.7. The van der Waals surface area contributed by atoms with Crippen molar-refractivity contribution in [3.05, 3.63) is 309 Å². The summed E-state index contributed by atoms with van der Waals surface area (Å²) in [5.41, 5.74) is 10.5.